The summed E-state index contributed by atoms with van der Waals surface area (Å²) in [7, 11) is 0. The van der Waals surface area contributed by atoms with Gasteiger partial charge in [0.05, 0.1) is 0 Å². The van der Waals surface area contributed by atoms with Crippen LogP contribution in [0.2, 0.25) is 0 Å². The van der Waals surface area contributed by atoms with E-state index in [4.69, 9.17) is 10.5 Å². The van der Waals surface area contributed by atoms with Crippen LogP contribution in [0.4, 0.5) is 0 Å². The van der Waals surface area contributed by atoms with E-state index < -0.39 is 11.6 Å². The van der Waals surface area contributed by atoms with Gasteiger partial charge in [0.15, 0.2) is 0 Å². The van der Waals surface area contributed by atoms with Gasteiger partial charge in [-0.15, -0.1) is 0 Å². The topological polar surface area (TPSA) is 68.1 Å². The van der Waals surface area contributed by atoms with E-state index in [1.165, 1.54) is 0 Å². The molecule has 0 amide bonds. The Morgan fingerprint density at radius 3 is 2.80 bits per heavy atom. The minimum absolute atomic E-state index is 0.373. The molecule has 0 bridgehead atoms. The number of aromatic amines is 1. The molecule has 4 nitrogen and oxygen atoms in total. The zero-order chi connectivity index (χ0) is 14.9. The number of hydrogen-bond donors (Lipinski definition) is 2. The van der Waals surface area contributed by atoms with Crippen molar-refractivity contribution in [2.24, 2.45) is 5.73 Å². The second kappa shape index (κ2) is 5.58. The third kappa shape index (κ3) is 3.61. The maximum Gasteiger partial charge on any atom is 0.323 e. The zero-order valence-corrected chi connectivity index (χ0v) is 13.5. The lowest BCUT2D eigenvalue weighted by Crippen LogP contribution is -2.38. The molecule has 1 unspecified atom stereocenters. The largest absolute Gasteiger partial charge is 0.459 e. The number of rotatable bonds is 3. The van der Waals surface area contributed by atoms with Crippen LogP contribution in [-0.4, -0.2) is 22.6 Å². The molecule has 0 fully saturated rings. The van der Waals surface area contributed by atoms with Crippen molar-refractivity contribution in [1.82, 2.24) is 4.98 Å². The Labute approximate surface area is 126 Å². The Morgan fingerprint density at radius 1 is 1.45 bits per heavy atom. The summed E-state index contributed by atoms with van der Waals surface area (Å²) >= 11 is 3.45. The van der Waals surface area contributed by atoms with Crippen LogP contribution >= 0.6 is 15.9 Å². The van der Waals surface area contributed by atoms with E-state index in [2.05, 4.69) is 20.9 Å². The molecule has 3 N–H and O–H groups in total. The van der Waals surface area contributed by atoms with Crippen molar-refractivity contribution in [2.45, 2.75) is 38.8 Å². The Kier molecular flexibility index (Phi) is 4.20. The quantitative estimate of drug-likeness (QED) is 0.844. The first-order valence-electron chi connectivity index (χ1n) is 6.50. The Hall–Kier alpha value is -1.33. The minimum Gasteiger partial charge on any atom is -0.459 e. The van der Waals surface area contributed by atoms with Crippen molar-refractivity contribution in [3.63, 3.8) is 0 Å². The van der Waals surface area contributed by atoms with Crippen molar-refractivity contribution >= 4 is 32.8 Å². The van der Waals surface area contributed by atoms with Crippen LogP contribution in [0.3, 0.4) is 0 Å². The fraction of sp³-hybridized carbons (Fsp3) is 0.400. The van der Waals surface area contributed by atoms with E-state index in [-0.39, 0.29) is 5.97 Å². The van der Waals surface area contributed by atoms with Crippen LogP contribution in [-0.2, 0) is 16.0 Å². The number of carbonyl (C=O) groups is 1. The van der Waals surface area contributed by atoms with Gasteiger partial charge in [0.1, 0.15) is 11.6 Å². The highest BCUT2D eigenvalue weighted by molar-refractivity contribution is 9.10. The van der Waals surface area contributed by atoms with Crippen LogP contribution in [0.15, 0.2) is 28.9 Å². The maximum absolute atomic E-state index is 11.9. The number of fused-ring (bicyclic) bond motifs is 1. The minimum atomic E-state index is -0.660. The van der Waals surface area contributed by atoms with E-state index in [0.717, 1.165) is 20.9 Å². The lowest BCUT2D eigenvalue weighted by Gasteiger charge is -2.22. The van der Waals surface area contributed by atoms with Crippen molar-refractivity contribution in [1.29, 1.82) is 0 Å². The molecule has 1 heterocycles. The molecule has 0 radical (unpaired) electrons. The van der Waals surface area contributed by atoms with Crippen molar-refractivity contribution < 1.29 is 9.53 Å². The van der Waals surface area contributed by atoms with Gasteiger partial charge in [-0.25, -0.2) is 0 Å². The van der Waals surface area contributed by atoms with Crippen LogP contribution in [0.25, 0.3) is 10.9 Å². The summed E-state index contributed by atoms with van der Waals surface area (Å²) in [6.45, 7) is 5.50. The molecule has 20 heavy (non-hydrogen) atoms. The molecule has 0 saturated carbocycles. The molecule has 0 spiro atoms. The smallest absolute Gasteiger partial charge is 0.323 e. The number of carbonyl (C=O) groups excluding carboxylic acids is 1. The molecule has 1 atom stereocenters. The fourth-order valence-corrected chi connectivity index (χ4v) is 2.38. The van der Waals surface area contributed by atoms with E-state index >= 15 is 0 Å². The van der Waals surface area contributed by atoms with E-state index in [1.54, 1.807) is 0 Å². The number of ether oxygens (including phenoxy) is 1. The number of benzene rings is 1. The van der Waals surface area contributed by atoms with Crippen LogP contribution in [0.5, 0.6) is 0 Å². The maximum atomic E-state index is 11.9. The van der Waals surface area contributed by atoms with Gasteiger partial charge in [-0.3, -0.25) is 4.79 Å². The van der Waals surface area contributed by atoms with Gasteiger partial charge in [-0.2, -0.15) is 0 Å². The Bertz CT molecular complexity index is 628. The molecule has 5 heteroatoms. The van der Waals surface area contributed by atoms with Gasteiger partial charge in [0, 0.05) is 28.0 Å². The number of aromatic nitrogens is 1. The predicted molar refractivity (Wildman–Crippen MR) is 83.5 cm³/mol. The van der Waals surface area contributed by atoms with E-state index in [0.29, 0.717) is 6.42 Å². The standard InChI is InChI=1S/C15H19BrN2O2/c1-15(2,3)20-14(19)12(17)6-9-8-18-13-5-4-10(16)7-11(9)13/h4-5,7-8,12,18H,6,17H2,1-3H3. The summed E-state index contributed by atoms with van der Waals surface area (Å²) < 4.78 is 6.30. The van der Waals surface area contributed by atoms with Gasteiger partial charge in [-0.1, -0.05) is 15.9 Å². The van der Waals surface area contributed by atoms with Crippen LogP contribution in [0.1, 0.15) is 26.3 Å². The van der Waals surface area contributed by atoms with Gasteiger partial charge in [0.2, 0.25) is 0 Å². The number of nitrogens with one attached hydrogen (secondary N) is 1. The molecular weight excluding hydrogens is 320 g/mol. The number of esters is 1. The summed E-state index contributed by atoms with van der Waals surface area (Å²) in [5.74, 6) is -0.373. The molecule has 0 saturated heterocycles. The molecule has 2 aromatic rings. The molecule has 0 aliphatic heterocycles. The SMILES string of the molecule is CC(C)(C)OC(=O)C(N)Cc1c[nH]c2ccc(Br)cc12. The van der Waals surface area contributed by atoms with E-state index in [9.17, 15) is 4.79 Å². The highest BCUT2D eigenvalue weighted by Gasteiger charge is 2.23. The van der Waals surface area contributed by atoms with Gasteiger partial charge in [-0.05, 0) is 44.5 Å². The van der Waals surface area contributed by atoms with Gasteiger partial charge >= 0.3 is 5.97 Å². The first-order chi connectivity index (χ1) is 9.26. The Balaban J connectivity index is 2.15. The third-order valence-corrected chi connectivity index (χ3v) is 3.37. The summed E-state index contributed by atoms with van der Waals surface area (Å²) in [5, 5.41) is 1.07. The zero-order valence-electron chi connectivity index (χ0n) is 11.9. The van der Waals surface area contributed by atoms with Crippen LogP contribution < -0.4 is 5.73 Å². The third-order valence-electron chi connectivity index (χ3n) is 2.88. The van der Waals surface area contributed by atoms with Crippen LogP contribution in [0, 0.1) is 0 Å². The lowest BCUT2D eigenvalue weighted by molar-refractivity contribution is -0.156. The average Bonchev–Trinajstić information content (AvgIpc) is 2.69. The molecular formula is C15H19BrN2O2. The molecule has 1 aromatic carbocycles. The van der Waals surface area contributed by atoms with Crippen molar-refractivity contribution in [3.05, 3.63) is 34.4 Å². The van der Waals surface area contributed by atoms with Gasteiger partial charge < -0.3 is 15.5 Å². The first kappa shape index (κ1) is 15.1. The summed E-state index contributed by atoms with van der Waals surface area (Å²) in [6.07, 6.45) is 2.34. The number of nitrogens with two attached hydrogens (primary N) is 1. The average molecular weight is 339 g/mol. The second-order valence-corrected chi connectivity index (χ2v) is 6.76. The predicted octanol–water partition coefficient (Wildman–Crippen LogP) is 3.14. The lowest BCUT2D eigenvalue weighted by atomic mass is 10.1. The fourth-order valence-electron chi connectivity index (χ4n) is 2.02. The van der Waals surface area contributed by atoms with Crippen molar-refractivity contribution in [3.8, 4) is 0 Å². The number of hydrogen-bond acceptors (Lipinski definition) is 3. The highest BCUT2D eigenvalue weighted by Crippen LogP contribution is 2.23. The highest BCUT2D eigenvalue weighted by atomic mass is 79.9. The van der Waals surface area contributed by atoms with Gasteiger partial charge in [0.25, 0.3) is 0 Å². The Morgan fingerprint density at radius 2 is 2.15 bits per heavy atom. The summed E-state index contributed by atoms with van der Waals surface area (Å²) in [5.41, 5.74) is 7.47. The summed E-state index contributed by atoms with van der Waals surface area (Å²) in [4.78, 5) is 15.1. The molecule has 2 rings (SSSR count). The molecule has 1 aromatic heterocycles. The van der Waals surface area contributed by atoms with Crippen molar-refractivity contribution in [2.75, 3.05) is 0 Å². The number of H-pyrrole nitrogens is 1. The first-order valence-corrected chi connectivity index (χ1v) is 7.29. The molecule has 0 aliphatic carbocycles. The second-order valence-electron chi connectivity index (χ2n) is 5.85. The number of halogens is 1. The monoisotopic (exact) mass is 338 g/mol. The van der Waals surface area contributed by atoms with E-state index in [1.807, 2.05) is 45.2 Å². The normalized spacial score (nSPS) is 13.4. The summed E-state index contributed by atoms with van der Waals surface area (Å²) in [6, 6.07) is 5.31. The molecule has 0 aliphatic rings. The molecule has 108 valence electrons.